The second kappa shape index (κ2) is 9.91. The number of hydrogen-bond acceptors (Lipinski definition) is 6. The van der Waals surface area contributed by atoms with Crippen molar-refractivity contribution in [1.82, 2.24) is 20.2 Å². The van der Waals surface area contributed by atoms with Crippen molar-refractivity contribution >= 4 is 17.5 Å². The standard InChI is InChI=1S/C19H23N5OS/c25-21-17-14-10-5-3-1-2-4-6-11-15-18(17)26-19-20-22-23-24(19)16-12-8-7-9-13-16/h3-9,12-13,18,25H,1-2,10-11,14-15H2/b5-3+,6-4+,21-17+. The van der Waals surface area contributed by atoms with E-state index in [0.717, 1.165) is 49.9 Å². The van der Waals surface area contributed by atoms with Crippen molar-refractivity contribution in [3.05, 3.63) is 54.6 Å². The van der Waals surface area contributed by atoms with Gasteiger partial charge in [-0.25, -0.2) is 0 Å². The Balaban J connectivity index is 1.80. The first kappa shape index (κ1) is 18.4. The predicted molar refractivity (Wildman–Crippen MR) is 104 cm³/mol. The molecule has 1 heterocycles. The van der Waals surface area contributed by atoms with Crippen LogP contribution in [0.5, 0.6) is 0 Å². The van der Waals surface area contributed by atoms with Crippen LogP contribution < -0.4 is 0 Å². The highest BCUT2D eigenvalue weighted by molar-refractivity contribution is 8.00. The van der Waals surface area contributed by atoms with E-state index in [0.29, 0.717) is 5.16 Å². The summed E-state index contributed by atoms with van der Waals surface area (Å²) in [6.07, 6.45) is 14.4. The lowest BCUT2D eigenvalue weighted by Crippen LogP contribution is -2.18. The third-order valence-electron chi connectivity index (χ3n) is 4.19. The van der Waals surface area contributed by atoms with E-state index in [2.05, 4.69) is 45.0 Å². The molecule has 1 aliphatic carbocycles. The summed E-state index contributed by atoms with van der Waals surface area (Å²) in [6.45, 7) is 0. The number of rotatable bonds is 3. The van der Waals surface area contributed by atoms with E-state index in [1.54, 1.807) is 16.4 Å². The topological polar surface area (TPSA) is 76.2 Å². The summed E-state index contributed by atoms with van der Waals surface area (Å²) in [5.74, 6) is 0. The van der Waals surface area contributed by atoms with Crippen LogP contribution in [0.1, 0.15) is 38.5 Å². The molecule has 26 heavy (non-hydrogen) atoms. The Kier molecular flexibility index (Phi) is 7.01. The molecule has 6 nitrogen and oxygen atoms in total. The van der Waals surface area contributed by atoms with Crippen molar-refractivity contribution < 1.29 is 5.21 Å². The lowest BCUT2D eigenvalue weighted by atomic mass is 10.1. The van der Waals surface area contributed by atoms with Crippen LogP contribution in [-0.2, 0) is 0 Å². The lowest BCUT2D eigenvalue weighted by Gasteiger charge is -2.16. The molecule has 0 radical (unpaired) electrons. The minimum absolute atomic E-state index is 0.0333. The molecular weight excluding hydrogens is 346 g/mol. The van der Waals surface area contributed by atoms with Crippen molar-refractivity contribution in [2.45, 2.75) is 48.9 Å². The van der Waals surface area contributed by atoms with Crippen LogP contribution in [0.3, 0.4) is 0 Å². The molecule has 136 valence electrons. The monoisotopic (exact) mass is 369 g/mol. The number of allylic oxidation sites excluding steroid dienone is 4. The Labute approximate surface area is 157 Å². The van der Waals surface area contributed by atoms with Crippen LogP contribution in [-0.4, -0.2) is 36.4 Å². The largest absolute Gasteiger partial charge is 0.411 e. The summed E-state index contributed by atoms with van der Waals surface area (Å²) < 4.78 is 1.73. The fourth-order valence-electron chi connectivity index (χ4n) is 2.82. The van der Waals surface area contributed by atoms with Crippen LogP contribution in [0.4, 0.5) is 0 Å². The molecule has 1 aromatic carbocycles. The quantitative estimate of drug-likeness (QED) is 0.492. The third kappa shape index (κ3) is 5.05. The fourth-order valence-corrected chi connectivity index (χ4v) is 3.96. The molecule has 0 aliphatic heterocycles. The van der Waals surface area contributed by atoms with Crippen molar-refractivity contribution in [1.29, 1.82) is 0 Å². The van der Waals surface area contributed by atoms with Gasteiger partial charge in [-0.05, 0) is 61.1 Å². The molecule has 0 saturated heterocycles. The first-order valence-electron chi connectivity index (χ1n) is 8.90. The molecule has 0 amide bonds. The van der Waals surface area contributed by atoms with Gasteiger partial charge in [-0.2, -0.15) is 4.68 Å². The number of benzene rings is 1. The molecule has 3 rings (SSSR count). The van der Waals surface area contributed by atoms with Gasteiger partial charge in [0.15, 0.2) is 0 Å². The predicted octanol–water partition coefficient (Wildman–Crippen LogP) is 4.42. The van der Waals surface area contributed by atoms with Crippen molar-refractivity contribution in [2.24, 2.45) is 5.16 Å². The second-order valence-electron chi connectivity index (χ2n) is 6.04. The molecule has 0 fully saturated rings. The zero-order valence-corrected chi connectivity index (χ0v) is 15.4. The first-order chi connectivity index (χ1) is 12.9. The lowest BCUT2D eigenvalue weighted by molar-refractivity contribution is 0.316. The highest BCUT2D eigenvalue weighted by Crippen LogP contribution is 2.28. The summed E-state index contributed by atoms with van der Waals surface area (Å²) in [4.78, 5) is 0. The minimum Gasteiger partial charge on any atom is -0.411 e. The number of tetrazole rings is 1. The van der Waals surface area contributed by atoms with Crippen molar-refractivity contribution in [3.63, 3.8) is 0 Å². The average molecular weight is 369 g/mol. The molecule has 1 aliphatic rings. The van der Waals surface area contributed by atoms with Crippen LogP contribution in [0.15, 0.2) is 64.9 Å². The SMILES string of the molecule is O/N=C1\CC/C=C/CC/C=C/CCC1Sc1nnnn1-c1ccccc1. The van der Waals surface area contributed by atoms with E-state index >= 15 is 0 Å². The highest BCUT2D eigenvalue weighted by Gasteiger charge is 2.21. The molecule has 2 aromatic rings. The van der Waals surface area contributed by atoms with Crippen molar-refractivity contribution in [2.75, 3.05) is 0 Å². The van der Waals surface area contributed by atoms with Gasteiger partial charge in [-0.3, -0.25) is 0 Å². The van der Waals surface area contributed by atoms with Gasteiger partial charge < -0.3 is 5.21 Å². The molecule has 0 spiro atoms. The Morgan fingerprint density at radius 3 is 2.50 bits per heavy atom. The third-order valence-corrected chi connectivity index (χ3v) is 5.44. The van der Waals surface area contributed by atoms with Crippen LogP contribution >= 0.6 is 11.8 Å². The van der Waals surface area contributed by atoms with Gasteiger partial charge >= 0.3 is 0 Å². The summed E-state index contributed by atoms with van der Waals surface area (Å²) in [6, 6.07) is 9.81. The molecule has 0 saturated carbocycles. The average Bonchev–Trinajstić information content (AvgIpc) is 3.13. The van der Waals surface area contributed by atoms with E-state index in [9.17, 15) is 5.21 Å². The summed E-state index contributed by atoms with van der Waals surface area (Å²) in [7, 11) is 0. The summed E-state index contributed by atoms with van der Waals surface area (Å²) in [5.41, 5.74) is 1.70. The minimum atomic E-state index is 0.0333. The smallest absolute Gasteiger partial charge is 0.214 e. The molecular formula is C19H23N5OS. The zero-order chi connectivity index (χ0) is 18.0. The van der Waals surface area contributed by atoms with Gasteiger partial charge in [0.25, 0.3) is 0 Å². The van der Waals surface area contributed by atoms with E-state index in [-0.39, 0.29) is 5.25 Å². The van der Waals surface area contributed by atoms with Crippen LogP contribution in [0.2, 0.25) is 0 Å². The van der Waals surface area contributed by atoms with E-state index in [4.69, 9.17) is 0 Å². The molecule has 1 aromatic heterocycles. The zero-order valence-electron chi connectivity index (χ0n) is 14.6. The summed E-state index contributed by atoms with van der Waals surface area (Å²) in [5, 5.41) is 26.0. The van der Waals surface area contributed by atoms with Crippen LogP contribution in [0.25, 0.3) is 5.69 Å². The Morgan fingerprint density at radius 2 is 1.73 bits per heavy atom. The van der Waals surface area contributed by atoms with E-state index < -0.39 is 0 Å². The maximum atomic E-state index is 9.56. The maximum absolute atomic E-state index is 9.56. The Bertz CT molecular complexity index is 769. The summed E-state index contributed by atoms with van der Waals surface area (Å²) >= 11 is 1.55. The number of hydrogen-bond donors (Lipinski definition) is 1. The normalized spacial score (nSPS) is 23.1. The molecule has 0 bridgehead atoms. The van der Waals surface area contributed by atoms with Gasteiger partial charge in [0.2, 0.25) is 5.16 Å². The Morgan fingerprint density at radius 1 is 1.00 bits per heavy atom. The number of oxime groups is 1. The first-order valence-corrected chi connectivity index (χ1v) is 9.77. The number of nitrogens with zero attached hydrogens (tertiary/aromatic N) is 5. The van der Waals surface area contributed by atoms with E-state index in [1.165, 1.54) is 0 Å². The number of aromatic nitrogens is 4. The van der Waals surface area contributed by atoms with Crippen LogP contribution in [0, 0.1) is 0 Å². The number of para-hydroxylation sites is 1. The van der Waals surface area contributed by atoms with Gasteiger partial charge in [0.05, 0.1) is 16.6 Å². The van der Waals surface area contributed by atoms with Gasteiger partial charge in [-0.1, -0.05) is 59.4 Å². The number of thioether (sulfide) groups is 1. The van der Waals surface area contributed by atoms with E-state index in [1.807, 2.05) is 30.3 Å². The van der Waals surface area contributed by atoms with Gasteiger partial charge in [0, 0.05) is 0 Å². The second-order valence-corrected chi connectivity index (χ2v) is 7.21. The molecule has 1 atom stereocenters. The van der Waals surface area contributed by atoms with Crippen molar-refractivity contribution in [3.8, 4) is 5.69 Å². The molecule has 1 unspecified atom stereocenters. The molecule has 1 N–H and O–H groups in total. The Hall–Kier alpha value is -2.41. The molecule has 7 heteroatoms. The van der Waals surface area contributed by atoms with Gasteiger partial charge in [-0.15, -0.1) is 5.10 Å². The maximum Gasteiger partial charge on any atom is 0.214 e. The fraction of sp³-hybridized carbons (Fsp3) is 0.368. The highest BCUT2D eigenvalue weighted by atomic mass is 32.2. The van der Waals surface area contributed by atoms with Gasteiger partial charge in [0.1, 0.15) is 0 Å².